The first-order chi connectivity index (χ1) is 7.74. The zero-order valence-electron chi connectivity index (χ0n) is 9.03. The zero-order chi connectivity index (χ0) is 11.4. The van der Waals surface area contributed by atoms with E-state index >= 15 is 0 Å². The number of ether oxygens (including phenoxy) is 1. The minimum absolute atomic E-state index is 0.255. The minimum Gasteiger partial charge on any atom is -0.489 e. The maximum atomic E-state index is 12.6. The van der Waals surface area contributed by atoms with Crippen molar-refractivity contribution in [2.24, 2.45) is 0 Å². The van der Waals surface area contributed by atoms with Crippen molar-refractivity contribution in [2.45, 2.75) is 13.5 Å². The summed E-state index contributed by atoms with van der Waals surface area (Å²) in [6.07, 6.45) is 0. The molecule has 1 nitrogen and oxygen atoms in total. The second kappa shape index (κ2) is 4.79. The second-order valence-corrected chi connectivity index (χ2v) is 3.60. The summed E-state index contributed by atoms with van der Waals surface area (Å²) in [6.45, 7) is 2.44. The summed E-state index contributed by atoms with van der Waals surface area (Å²) in [5.74, 6) is 0.408. The van der Waals surface area contributed by atoms with Gasteiger partial charge in [0.1, 0.15) is 18.2 Å². The average molecular weight is 215 g/mol. The number of aryl methyl sites for hydroxylation is 1. The van der Waals surface area contributed by atoms with Crippen LogP contribution >= 0.6 is 0 Å². The van der Waals surface area contributed by atoms with Gasteiger partial charge in [0, 0.05) is 0 Å². The van der Waals surface area contributed by atoms with Crippen LogP contribution in [0.15, 0.2) is 42.5 Å². The molecule has 0 aliphatic heterocycles. The molecule has 81 valence electrons. The fourth-order valence-corrected chi connectivity index (χ4v) is 1.42. The van der Waals surface area contributed by atoms with E-state index in [9.17, 15) is 4.39 Å². The van der Waals surface area contributed by atoms with Crippen molar-refractivity contribution in [3.8, 4) is 5.75 Å². The summed E-state index contributed by atoms with van der Waals surface area (Å²) in [5, 5.41) is 0. The maximum absolute atomic E-state index is 12.6. The first kappa shape index (κ1) is 10.7. The first-order valence-electron chi connectivity index (χ1n) is 5.10. The van der Waals surface area contributed by atoms with Crippen LogP contribution in [0.4, 0.5) is 4.39 Å². The van der Waals surface area contributed by atoms with Gasteiger partial charge in [0.05, 0.1) is 0 Å². The molecule has 0 aliphatic carbocycles. The Morgan fingerprint density at radius 3 is 2.56 bits per heavy atom. The predicted octanol–water partition coefficient (Wildman–Crippen LogP) is 3.51. The van der Waals surface area contributed by atoms with E-state index in [1.165, 1.54) is 12.1 Å². The van der Waals surface area contributed by atoms with Crippen molar-refractivity contribution in [1.29, 1.82) is 0 Å². The van der Waals surface area contributed by atoms with Crippen LogP contribution in [-0.2, 0) is 6.61 Å². The summed E-state index contributed by atoms with van der Waals surface area (Å²) in [4.78, 5) is 0. The summed E-state index contributed by atoms with van der Waals surface area (Å²) in [5.41, 5.74) is 2.07. The standard InChI is InChI=1S/C14H12FO/c1-11-3-2-4-12(9-11)10-16-14-7-5-13(15)6-8-14/h2-8H,10H2,1H3. The fourth-order valence-electron chi connectivity index (χ4n) is 1.42. The Morgan fingerprint density at radius 2 is 1.88 bits per heavy atom. The SMILES string of the molecule is Cc1[c]c(COc2ccc(F)cc2)ccc1. The molecule has 0 bridgehead atoms. The van der Waals surface area contributed by atoms with E-state index in [0.29, 0.717) is 12.4 Å². The molecule has 0 aliphatic rings. The zero-order valence-corrected chi connectivity index (χ0v) is 9.03. The van der Waals surface area contributed by atoms with Crippen molar-refractivity contribution >= 4 is 0 Å². The third-order valence-electron chi connectivity index (χ3n) is 2.21. The predicted molar refractivity (Wildman–Crippen MR) is 60.7 cm³/mol. The van der Waals surface area contributed by atoms with Gasteiger partial charge in [-0.3, -0.25) is 0 Å². The molecular formula is C14H12FO. The van der Waals surface area contributed by atoms with Gasteiger partial charge >= 0.3 is 0 Å². The molecule has 0 saturated carbocycles. The number of hydrogen-bond acceptors (Lipinski definition) is 1. The molecule has 16 heavy (non-hydrogen) atoms. The van der Waals surface area contributed by atoms with E-state index in [2.05, 4.69) is 6.07 Å². The lowest BCUT2D eigenvalue weighted by Gasteiger charge is -2.06. The lowest BCUT2D eigenvalue weighted by Crippen LogP contribution is -1.95. The highest BCUT2D eigenvalue weighted by Gasteiger charge is 1.97. The lowest BCUT2D eigenvalue weighted by molar-refractivity contribution is 0.305. The smallest absolute Gasteiger partial charge is 0.123 e. The van der Waals surface area contributed by atoms with Crippen LogP contribution in [0.3, 0.4) is 0 Å². The lowest BCUT2D eigenvalue weighted by atomic mass is 10.1. The molecule has 0 atom stereocenters. The van der Waals surface area contributed by atoms with Crippen molar-refractivity contribution in [3.05, 3.63) is 65.5 Å². The molecule has 2 heteroatoms. The van der Waals surface area contributed by atoms with Gasteiger partial charge < -0.3 is 4.74 Å². The Hall–Kier alpha value is -1.83. The molecule has 0 unspecified atom stereocenters. The van der Waals surface area contributed by atoms with E-state index in [1.54, 1.807) is 12.1 Å². The van der Waals surface area contributed by atoms with Crippen LogP contribution in [0, 0.1) is 18.8 Å². The maximum Gasteiger partial charge on any atom is 0.123 e. The molecule has 1 radical (unpaired) electrons. The van der Waals surface area contributed by atoms with Gasteiger partial charge in [-0.1, -0.05) is 18.2 Å². The molecular weight excluding hydrogens is 203 g/mol. The number of hydrogen-bond donors (Lipinski definition) is 0. The van der Waals surface area contributed by atoms with E-state index in [0.717, 1.165) is 11.1 Å². The molecule has 0 spiro atoms. The van der Waals surface area contributed by atoms with Gasteiger partial charge in [-0.2, -0.15) is 0 Å². The molecule has 2 aromatic carbocycles. The average Bonchev–Trinajstić information content (AvgIpc) is 2.28. The molecule has 0 N–H and O–H groups in total. The minimum atomic E-state index is -0.255. The van der Waals surface area contributed by atoms with Crippen molar-refractivity contribution < 1.29 is 9.13 Å². The van der Waals surface area contributed by atoms with E-state index < -0.39 is 0 Å². The fraction of sp³-hybridized carbons (Fsp3) is 0.143. The highest BCUT2D eigenvalue weighted by molar-refractivity contribution is 5.24. The molecule has 2 rings (SSSR count). The van der Waals surface area contributed by atoms with Crippen molar-refractivity contribution in [3.63, 3.8) is 0 Å². The van der Waals surface area contributed by atoms with Crippen molar-refractivity contribution in [2.75, 3.05) is 0 Å². The van der Waals surface area contributed by atoms with Crippen LogP contribution in [-0.4, -0.2) is 0 Å². The van der Waals surface area contributed by atoms with Crippen LogP contribution in [0.2, 0.25) is 0 Å². The third-order valence-corrected chi connectivity index (χ3v) is 2.21. The third kappa shape index (κ3) is 2.83. The van der Waals surface area contributed by atoms with Crippen molar-refractivity contribution in [1.82, 2.24) is 0 Å². The molecule has 0 fully saturated rings. The van der Waals surface area contributed by atoms with E-state index in [4.69, 9.17) is 4.74 Å². The van der Waals surface area contributed by atoms with Crippen LogP contribution in [0.25, 0.3) is 0 Å². The van der Waals surface area contributed by atoms with E-state index in [-0.39, 0.29) is 5.82 Å². The molecule has 0 aromatic heterocycles. The number of rotatable bonds is 3. The topological polar surface area (TPSA) is 9.23 Å². The van der Waals surface area contributed by atoms with Crippen LogP contribution < -0.4 is 4.74 Å². The second-order valence-electron chi connectivity index (χ2n) is 3.60. The summed E-state index contributed by atoms with van der Waals surface area (Å²) in [6, 6.07) is 15.1. The quantitative estimate of drug-likeness (QED) is 0.761. The Morgan fingerprint density at radius 1 is 1.12 bits per heavy atom. The first-order valence-corrected chi connectivity index (χ1v) is 5.10. The van der Waals surface area contributed by atoms with Gasteiger partial charge in [-0.25, -0.2) is 4.39 Å². The number of benzene rings is 2. The Bertz CT molecular complexity index is 462. The summed E-state index contributed by atoms with van der Waals surface area (Å²) >= 11 is 0. The Labute approximate surface area is 94.5 Å². The van der Waals surface area contributed by atoms with Gasteiger partial charge in [-0.05, 0) is 48.4 Å². The van der Waals surface area contributed by atoms with Gasteiger partial charge in [0.2, 0.25) is 0 Å². The monoisotopic (exact) mass is 215 g/mol. The summed E-state index contributed by atoms with van der Waals surface area (Å²) < 4.78 is 18.1. The van der Waals surface area contributed by atoms with Gasteiger partial charge in [0.15, 0.2) is 0 Å². The summed E-state index contributed by atoms with van der Waals surface area (Å²) in [7, 11) is 0. The molecule has 2 aromatic rings. The Balaban J connectivity index is 1.99. The van der Waals surface area contributed by atoms with E-state index in [1.807, 2.05) is 25.1 Å². The Kier molecular flexibility index (Phi) is 3.20. The largest absolute Gasteiger partial charge is 0.489 e. The molecule has 0 saturated heterocycles. The van der Waals surface area contributed by atoms with Crippen LogP contribution in [0.5, 0.6) is 5.75 Å². The van der Waals surface area contributed by atoms with Gasteiger partial charge in [0.25, 0.3) is 0 Å². The van der Waals surface area contributed by atoms with Gasteiger partial charge in [-0.15, -0.1) is 0 Å². The normalized spacial score (nSPS) is 10.1. The highest BCUT2D eigenvalue weighted by Crippen LogP contribution is 2.13. The number of halogens is 1. The van der Waals surface area contributed by atoms with Crippen LogP contribution in [0.1, 0.15) is 11.1 Å². The molecule has 0 heterocycles. The molecule has 0 amide bonds. The highest BCUT2D eigenvalue weighted by atomic mass is 19.1.